The fraction of sp³-hybridized carbons (Fsp3) is 0.364. The molecule has 0 saturated carbocycles. The van der Waals surface area contributed by atoms with Gasteiger partial charge in [-0.15, -0.1) is 0 Å². The summed E-state index contributed by atoms with van der Waals surface area (Å²) in [6.07, 6.45) is -3.10. The van der Waals surface area contributed by atoms with E-state index in [1.807, 2.05) is 0 Å². The van der Waals surface area contributed by atoms with Crippen LogP contribution in [-0.2, 0) is 10.2 Å². The molecule has 0 spiro atoms. The molecule has 1 atom stereocenters. The smallest absolute Gasteiger partial charge is 0.321 e. The van der Waals surface area contributed by atoms with Gasteiger partial charge in [-0.3, -0.25) is 4.79 Å². The molecule has 0 heterocycles. The molecule has 1 aromatic carbocycles. The zero-order chi connectivity index (χ0) is 13.1. The highest BCUT2D eigenvalue weighted by molar-refractivity contribution is 5.82. The number of alkyl halides is 2. The number of carboxylic acid groups (broad SMARTS) is 1. The Bertz CT molecular complexity index is 411. The van der Waals surface area contributed by atoms with Crippen molar-refractivity contribution in [1.29, 1.82) is 0 Å². The van der Waals surface area contributed by atoms with E-state index >= 15 is 0 Å². The van der Waals surface area contributed by atoms with Crippen LogP contribution in [-0.4, -0.2) is 31.2 Å². The van der Waals surface area contributed by atoms with Crippen molar-refractivity contribution in [2.24, 2.45) is 5.73 Å². The first kappa shape index (κ1) is 13.4. The number of aliphatic carboxylic acids is 1. The Balaban J connectivity index is 3.35. The van der Waals surface area contributed by atoms with Crippen LogP contribution in [0.4, 0.5) is 8.78 Å². The summed E-state index contributed by atoms with van der Waals surface area (Å²) in [5.74, 6) is -1.34. The molecule has 94 valence electrons. The molecule has 6 heteroatoms. The molecule has 0 amide bonds. The molecule has 3 N–H and O–H groups in total. The number of rotatable bonds is 5. The van der Waals surface area contributed by atoms with Crippen molar-refractivity contribution in [1.82, 2.24) is 0 Å². The number of benzene rings is 1. The minimum Gasteiger partial charge on any atom is -0.497 e. The lowest BCUT2D eigenvalue weighted by Gasteiger charge is -2.27. The number of carboxylic acids is 1. The summed E-state index contributed by atoms with van der Waals surface area (Å²) in [6.45, 7) is -0.687. The van der Waals surface area contributed by atoms with E-state index in [1.165, 1.54) is 31.4 Å². The molecule has 0 bridgehead atoms. The Morgan fingerprint density at radius 3 is 2.65 bits per heavy atom. The molecular weight excluding hydrogens is 232 g/mol. The van der Waals surface area contributed by atoms with Gasteiger partial charge < -0.3 is 15.6 Å². The fourth-order valence-electron chi connectivity index (χ4n) is 1.54. The molecule has 1 aromatic rings. The topological polar surface area (TPSA) is 72.5 Å². The number of hydrogen-bond donors (Lipinski definition) is 2. The Morgan fingerprint density at radius 2 is 2.24 bits per heavy atom. The molecule has 0 aliphatic rings. The van der Waals surface area contributed by atoms with Gasteiger partial charge in [0.2, 0.25) is 0 Å². The maximum absolute atomic E-state index is 13.0. The van der Waals surface area contributed by atoms with Crippen LogP contribution in [0.25, 0.3) is 0 Å². The van der Waals surface area contributed by atoms with Gasteiger partial charge in [-0.1, -0.05) is 12.1 Å². The van der Waals surface area contributed by atoms with Gasteiger partial charge in [-0.25, -0.2) is 8.78 Å². The van der Waals surface area contributed by atoms with Gasteiger partial charge >= 0.3 is 5.97 Å². The first-order chi connectivity index (χ1) is 7.98. The summed E-state index contributed by atoms with van der Waals surface area (Å²) < 4.78 is 30.9. The van der Waals surface area contributed by atoms with E-state index in [9.17, 15) is 13.6 Å². The average Bonchev–Trinajstić information content (AvgIpc) is 2.30. The van der Waals surface area contributed by atoms with Gasteiger partial charge in [-0.05, 0) is 17.7 Å². The first-order valence-corrected chi connectivity index (χ1v) is 4.85. The Morgan fingerprint density at radius 1 is 1.59 bits per heavy atom. The van der Waals surface area contributed by atoms with Crippen LogP contribution in [0.15, 0.2) is 24.3 Å². The second kappa shape index (κ2) is 5.09. The molecule has 1 unspecified atom stereocenters. The molecule has 0 aliphatic carbocycles. The van der Waals surface area contributed by atoms with Gasteiger partial charge in [-0.2, -0.15) is 0 Å². The number of hydrogen-bond acceptors (Lipinski definition) is 3. The van der Waals surface area contributed by atoms with Crippen LogP contribution in [0.1, 0.15) is 5.56 Å². The minimum atomic E-state index is -3.10. The van der Waals surface area contributed by atoms with Crippen molar-refractivity contribution in [3.8, 4) is 5.75 Å². The van der Waals surface area contributed by atoms with Gasteiger partial charge in [0, 0.05) is 6.54 Å². The van der Waals surface area contributed by atoms with Crippen molar-refractivity contribution in [2.45, 2.75) is 11.8 Å². The monoisotopic (exact) mass is 245 g/mol. The molecule has 17 heavy (non-hydrogen) atoms. The molecule has 0 radical (unpaired) electrons. The van der Waals surface area contributed by atoms with Gasteiger partial charge in [0.1, 0.15) is 5.75 Å². The first-order valence-electron chi connectivity index (χ1n) is 4.85. The zero-order valence-electron chi connectivity index (χ0n) is 9.19. The number of methoxy groups -OCH3 is 1. The Hall–Kier alpha value is -1.69. The summed E-state index contributed by atoms with van der Waals surface area (Å²) in [7, 11) is 1.37. The van der Waals surface area contributed by atoms with Crippen LogP contribution in [0, 0.1) is 0 Å². The predicted octanol–water partition coefficient (Wildman–Crippen LogP) is 1.24. The zero-order valence-corrected chi connectivity index (χ0v) is 9.19. The highest BCUT2D eigenvalue weighted by Gasteiger charge is 2.48. The highest BCUT2D eigenvalue weighted by atomic mass is 19.3. The van der Waals surface area contributed by atoms with Crippen LogP contribution in [0.5, 0.6) is 5.75 Å². The second-order valence-electron chi connectivity index (χ2n) is 3.51. The number of nitrogens with two attached hydrogens (primary N) is 1. The number of ether oxygens (including phenoxy) is 1. The Labute approximate surface area is 97.0 Å². The largest absolute Gasteiger partial charge is 0.497 e. The van der Waals surface area contributed by atoms with Gasteiger partial charge in [0.05, 0.1) is 7.11 Å². The molecule has 0 saturated heterocycles. The molecule has 0 aliphatic heterocycles. The van der Waals surface area contributed by atoms with E-state index in [2.05, 4.69) is 0 Å². The summed E-state index contributed by atoms with van der Waals surface area (Å²) in [5.41, 5.74) is 2.77. The lowest BCUT2D eigenvalue weighted by Crippen LogP contribution is -2.49. The van der Waals surface area contributed by atoms with Crippen LogP contribution in [0.2, 0.25) is 0 Å². The van der Waals surface area contributed by atoms with E-state index in [1.54, 1.807) is 0 Å². The van der Waals surface area contributed by atoms with Crippen LogP contribution < -0.4 is 10.5 Å². The third-order valence-electron chi connectivity index (χ3n) is 2.66. The van der Waals surface area contributed by atoms with Crippen molar-refractivity contribution >= 4 is 5.97 Å². The molecular formula is C11H13F2NO3. The van der Waals surface area contributed by atoms with E-state index in [0.717, 1.165) is 0 Å². The standard InChI is InChI=1S/C11H13F2NO3/c1-17-8-4-2-3-7(5-8)11(6-14,9(12)13)10(15)16/h2-5,9H,6,14H2,1H3,(H,15,16). The quantitative estimate of drug-likeness (QED) is 0.818. The van der Waals surface area contributed by atoms with Crippen molar-refractivity contribution in [3.05, 3.63) is 29.8 Å². The second-order valence-corrected chi connectivity index (χ2v) is 3.51. The average molecular weight is 245 g/mol. The SMILES string of the molecule is COc1cccc(C(CN)(C(=O)O)C(F)F)c1. The van der Waals surface area contributed by atoms with Crippen molar-refractivity contribution in [3.63, 3.8) is 0 Å². The summed E-state index contributed by atoms with van der Waals surface area (Å²) >= 11 is 0. The molecule has 1 rings (SSSR count). The van der Waals surface area contributed by atoms with Crippen molar-refractivity contribution in [2.75, 3.05) is 13.7 Å². The predicted molar refractivity (Wildman–Crippen MR) is 57.4 cm³/mol. The molecule has 4 nitrogen and oxygen atoms in total. The van der Waals surface area contributed by atoms with E-state index in [0.29, 0.717) is 5.75 Å². The number of carbonyl (C=O) groups is 1. The number of halogens is 2. The third kappa shape index (κ3) is 2.21. The lowest BCUT2D eigenvalue weighted by atomic mass is 9.80. The van der Waals surface area contributed by atoms with Gasteiger partial charge in [0.25, 0.3) is 6.43 Å². The molecule has 0 fully saturated rings. The van der Waals surface area contributed by atoms with Crippen LogP contribution >= 0.6 is 0 Å². The normalized spacial score (nSPS) is 14.4. The minimum absolute atomic E-state index is 0.0677. The summed E-state index contributed by atoms with van der Waals surface area (Å²) in [5, 5.41) is 9.01. The van der Waals surface area contributed by atoms with E-state index in [4.69, 9.17) is 15.6 Å². The molecule has 0 aromatic heterocycles. The Kier molecular flexibility index (Phi) is 4.01. The van der Waals surface area contributed by atoms with E-state index < -0.39 is 24.4 Å². The summed E-state index contributed by atoms with van der Waals surface area (Å²) in [6, 6.07) is 5.55. The fourth-order valence-corrected chi connectivity index (χ4v) is 1.54. The maximum atomic E-state index is 13.0. The third-order valence-corrected chi connectivity index (χ3v) is 2.66. The summed E-state index contributed by atoms with van der Waals surface area (Å²) in [4.78, 5) is 11.1. The lowest BCUT2D eigenvalue weighted by molar-refractivity contribution is -0.149. The van der Waals surface area contributed by atoms with E-state index in [-0.39, 0.29) is 5.56 Å². The maximum Gasteiger partial charge on any atom is 0.321 e. The van der Waals surface area contributed by atoms with Crippen LogP contribution in [0.3, 0.4) is 0 Å². The van der Waals surface area contributed by atoms with Gasteiger partial charge in [0.15, 0.2) is 5.41 Å². The van der Waals surface area contributed by atoms with Crippen molar-refractivity contribution < 1.29 is 23.4 Å². The highest BCUT2D eigenvalue weighted by Crippen LogP contribution is 2.32.